The zero-order chi connectivity index (χ0) is 19.2. The minimum Gasteiger partial charge on any atom is -0.481 e. The van der Waals surface area contributed by atoms with Crippen molar-refractivity contribution in [3.05, 3.63) is 65.5 Å². The lowest BCUT2D eigenvalue weighted by atomic mass is 10.1. The lowest BCUT2D eigenvalue weighted by Crippen LogP contribution is -2.39. The van der Waals surface area contributed by atoms with Gasteiger partial charge in [-0.25, -0.2) is 4.39 Å². The van der Waals surface area contributed by atoms with E-state index in [1.54, 1.807) is 21.9 Å². The molecule has 2 aromatic rings. The summed E-state index contributed by atoms with van der Waals surface area (Å²) in [6.07, 6.45) is 0.697. The first-order chi connectivity index (χ1) is 13.0. The van der Waals surface area contributed by atoms with Gasteiger partial charge in [-0.3, -0.25) is 9.59 Å². The van der Waals surface area contributed by atoms with Crippen LogP contribution in [0.5, 0.6) is 5.75 Å². The molecule has 5 nitrogen and oxygen atoms in total. The maximum Gasteiger partial charge on any atom is 0.260 e. The molecule has 1 saturated heterocycles. The van der Waals surface area contributed by atoms with Gasteiger partial charge in [0.1, 0.15) is 0 Å². The first-order valence-corrected chi connectivity index (χ1v) is 9.05. The summed E-state index contributed by atoms with van der Waals surface area (Å²) >= 11 is 0. The highest BCUT2D eigenvalue weighted by atomic mass is 19.1. The molecule has 0 spiro atoms. The van der Waals surface area contributed by atoms with Crippen LogP contribution >= 0.6 is 0 Å². The normalized spacial score (nSPS) is 14.6. The Bertz CT molecular complexity index is 807. The van der Waals surface area contributed by atoms with Crippen LogP contribution in [0.1, 0.15) is 22.3 Å². The maximum atomic E-state index is 13.6. The Hall–Kier alpha value is -2.89. The van der Waals surface area contributed by atoms with Crippen molar-refractivity contribution in [2.75, 3.05) is 32.8 Å². The number of carbonyl (C=O) groups excluding carboxylic acids is 2. The third kappa shape index (κ3) is 4.84. The summed E-state index contributed by atoms with van der Waals surface area (Å²) < 4.78 is 18.9. The molecule has 0 unspecified atom stereocenters. The second-order valence-electron chi connectivity index (χ2n) is 6.61. The van der Waals surface area contributed by atoms with Crippen molar-refractivity contribution in [2.24, 2.45) is 0 Å². The third-order valence-corrected chi connectivity index (χ3v) is 4.62. The fourth-order valence-electron chi connectivity index (χ4n) is 3.04. The van der Waals surface area contributed by atoms with Crippen LogP contribution < -0.4 is 4.74 Å². The monoisotopic (exact) mass is 370 g/mol. The number of benzene rings is 2. The quantitative estimate of drug-likeness (QED) is 0.832. The second kappa shape index (κ2) is 8.66. The van der Waals surface area contributed by atoms with Crippen LogP contribution in [-0.4, -0.2) is 54.4 Å². The van der Waals surface area contributed by atoms with E-state index in [1.165, 1.54) is 12.1 Å². The van der Waals surface area contributed by atoms with E-state index < -0.39 is 5.82 Å². The van der Waals surface area contributed by atoms with Gasteiger partial charge in [0.2, 0.25) is 0 Å². The SMILES string of the molecule is Cc1ccc(C(=O)N2CCCN(C(=O)COc3ccccc3F)CC2)cc1. The first kappa shape index (κ1) is 18.9. The fraction of sp³-hybridized carbons (Fsp3) is 0.333. The molecule has 3 rings (SSSR count). The molecule has 0 aromatic heterocycles. The molecule has 0 bridgehead atoms. The smallest absolute Gasteiger partial charge is 0.260 e. The van der Waals surface area contributed by atoms with Crippen molar-refractivity contribution in [3.8, 4) is 5.75 Å². The van der Waals surface area contributed by atoms with Gasteiger partial charge in [-0.05, 0) is 37.6 Å². The fourth-order valence-corrected chi connectivity index (χ4v) is 3.04. The van der Waals surface area contributed by atoms with Crippen LogP contribution in [0.25, 0.3) is 0 Å². The molecular weight excluding hydrogens is 347 g/mol. The van der Waals surface area contributed by atoms with E-state index in [0.29, 0.717) is 38.2 Å². The summed E-state index contributed by atoms with van der Waals surface area (Å²) in [5, 5.41) is 0. The predicted octanol–water partition coefficient (Wildman–Crippen LogP) is 2.89. The molecule has 0 radical (unpaired) electrons. The Morgan fingerprint density at radius 2 is 1.63 bits per heavy atom. The van der Waals surface area contributed by atoms with E-state index in [1.807, 2.05) is 31.2 Å². The summed E-state index contributed by atoms with van der Waals surface area (Å²) in [6.45, 7) is 3.83. The van der Waals surface area contributed by atoms with Crippen LogP contribution in [0.3, 0.4) is 0 Å². The molecule has 6 heteroatoms. The van der Waals surface area contributed by atoms with Crippen molar-refractivity contribution < 1.29 is 18.7 Å². The number of hydrogen-bond donors (Lipinski definition) is 0. The van der Waals surface area contributed by atoms with Gasteiger partial charge in [-0.2, -0.15) is 0 Å². The van der Waals surface area contributed by atoms with Crippen LogP contribution in [0.15, 0.2) is 48.5 Å². The van der Waals surface area contributed by atoms with E-state index in [9.17, 15) is 14.0 Å². The maximum absolute atomic E-state index is 13.6. The number of nitrogens with zero attached hydrogens (tertiary/aromatic N) is 2. The molecule has 1 heterocycles. The molecule has 0 atom stereocenters. The molecule has 1 aliphatic heterocycles. The highest BCUT2D eigenvalue weighted by Gasteiger charge is 2.23. The summed E-state index contributed by atoms with van der Waals surface area (Å²) in [6, 6.07) is 13.5. The Kier molecular flexibility index (Phi) is 6.06. The van der Waals surface area contributed by atoms with Crippen LogP contribution in [0.4, 0.5) is 4.39 Å². The predicted molar refractivity (Wildman–Crippen MR) is 100 cm³/mol. The summed E-state index contributed by atoms with van der Waals surface area (Å²) in [5.74, 6) is -0.650. The van der Waals surface area contributed by atoms with Gasteiger partial charge < -0.3 is 14.5 Å². The lowest BCUT2D eigenvalue weighted by Gasteiger charge is -2.22. The summed E-state index contributed by atoms with van der Waals surface area (Å²) in [5.41, 5.74) is 1.76. The van der Waals surface area contributed by atoms with Gasteiger partial charge in [-0.1, -0.05) is 29.8 Å². The minimum absolute atomic E-state index is 0.0214. The van der Waals surface area contributed by atoms with Crippen LogP contribution in [0, 0.1) is 12.7 Å². The molecule has 0 N–H and O–H groups in total. The average Bonchev–Trinajstić information content (AvgIpc) is 2.93. The number of halogens is 1. The molecule has 142 valence electrons. The van der Waals surface area contributed by atoms with Gasteiger partial charge in [0.15, 0.2) is 18.2 Å². The molecule has 0 aliphatic carbocycles. The Morgan fingerprint density at radius 3 is 2.37 bits per heavy atom. The molecule has 0 saturated carbocycles. The second-order valence-corrected chi connectivity index (χ2v) is 6.61. The van der Waals surface area contributed by atoms with E-state index in [4.69, 9.17) is 4.74 Å². The van der Waals surface area contributed by atoms with Gasteiger partial charge in [0.25, 0.3) is 11.8 Å². The molecule has 2 amide bonds. The molecule has 2 aromatic carbocycles. The summed E-state index contributed by atoms with van der Waals surface area (Å²) in [7, 11) is 0. The molecule has 27 heavy (non-hydrogen) atoms. The highest BCUT2D eigenvalue weighted by molar-refractivity contribution is 5.94. The van der Waals surface area contributed by atoms with E-state index in [2.05, 4.69) is 0 Å². The topological polar surface area (TPSA) is 49.9 Å². The van der Waals surface area contributed by atoms with Crippen LogP contribution in [0.2, 0.25) is 0 Å². The zero-order valence-corrected chi connectivity index (χ0v) is 15.4. The van der Waals surface area contributed by atoms with E-state index in [-0.39, 0.29) is 24.2 Å². The van der Waals surface area contributed by atoms with Crippen molar-refractivity contribution in [3.63, 3.8) is 0 Å². The van der Waals surface area contributed by atoms with E-state index in [0.717, 1.165) is 5.56 Å². The number of para-hydroxylation sites is 1. The van der Waals surface area contributed by atoms with Gasteiger partial charge in [0, 0.05) is 31.7 Å². The molecular formula is C21H23FN2O3. The molecule has 1 aliphatic rings. The number of ether oxygens (including phenoxy) is 1. The Balaban J connectivity index is 1.54. The molecule has 1 fully saturated rings. The largest absolute Gasteiger partial charge is 0.481 e. The number of amides is 2. The summed E-state index contributed by atoms with van der Waals surface area (Å²) in [4.78, 5) is 28.5. The number of hydrogen-bond acceptors (Lipinski definition) is 3. The zero-order valence-electron chi connectivity index (χ0n) is 15.4. The minimum atomic E-state index is -0.490. The van der Waals surface area contributed by atoms with E-state index >= 15 is 0 Å². The van der Waals surface area contributed by atoms with Crippen molar-refractivity contribution >= 4 is 11.8 Å². The van der Waals surface area contributed by atoms with Crippen molar-refractivity contribution in [1.82, 2.24) is 9.80 Å². The number of aryl methyl sites for hydroxylation is 1. The standard InChI is InChI=1S/C21H23FN2O3/c1-16-7-9-17(10-8-16)21(26)24-12-4-11-23(13-14-24)20(25)15-27-19-6-3-2-5-18(19)22/h2-3,5-10H,4,11-15H2,1H3. The number of carbonyl (C=O) groups is 2. The van der Waals surface area contributed by atoms with Gasteiger partial charge in [0.05, 0.1) is 0 Å². The van der Waals surface area contributed by atoms with Crippen LogP contribution in [-0.2, 0) is 4.79 Å². The lowest BCUT2D eigenvalue weighted by molar-refractivity contribution is -0.133. The number of rotatable bonds is 4. The first-order valence-electron chi connectivity index (χ1n) is 9.05. The van der Waals surface area contributed by atoms with Crippen molar-refractivity contribution in [2.45, 2.75) is 13.3 Å². The Morgan fingerprint density at radius 1 is 0.963 bits per heavy atom. The van der Waals surface area contributed by atoms with Crippen molar-refractivity contribution in [1.29, 1.82) is 0 Å². The third-order valence-electron chi connectivity index (χ3n) is 4.62. The van der Waals surface area contributed by atoms with Gasteiger partial charge in [-0.15, -0.1) is 0 Å². The average molecular weight is 370 g/mol. The highest BCUT2D eigenvalue weighted by Crippen LogP contribution is 2.16. The Labute approximate surface area is 158 Å². The van der Waals surface area contributed by atoms with Gasteiger partial charge >= 0.3 is 0 Å².